The number of rotatable bonds is 11. The van der Waals surface area contributed by atoms with E-state index < -0.39 is 10.0 Å². The van der Waals surface area contributed by atoms with E-state index in [1.165, 1.54) is 9.18 Å². The lowest BCUT2D eigenvalue weighted by molar-refractivity contribution is 0.461. The van der Waals surface area contributed by atoms with Gasteiger partial charge in [0.05, 0.1) is 5.75 Å². The molecule has 0 aliphatic rings. The fourth-order valence-electron chi connectivity index (χ4n) is 2.29. The van der Waals surface area contributed by atoms with E-state index in [1.807, 2.05) is 6.92 Å². The molecule has 0 aliphatic heterocycles. The number of guanidine groups is 1. The van der Waals surface area contributed by atoms with Crippen LogP contribution in [0.3, 0.4) is 0 Å². The van der Waals surface area contributed by atoms with Gasteiger partial charge in [-0.05, 0) is 44.1 Å². The first kappa shape index (κ1) is 25.6. The van der Waals surface area contributed by atoms with Crippen molar-refractivity contribution >= 4 is 51.3 Å². The maximum Gasteiger partial charge on any atom is 0.213 e. The second kappa shape index (κ2) is 13.7. The van der Waals surface area contributed by atoms with Crippen molar-refractivity contribution < 1.29 is 8.42 Å². The minimum atomic E-state index is -3.09. The molecule has 2 N–H and O–H groups in total. The monoisotopic (exact) mass is 516 g/mol. The average molecular weight is 517 g/mol. The van der Waals surface area contributed by atoms with E-state index in [0.717, 1.165) is 31.9 Å². The van der Waals surface area contributed by atoms with Crippen molar-refractivity contribution in [3.63, 3.8) is 0 Å². The highest BCUT2D eigenvalue weighted by Gasteiger charge is 2.14. The number of hydrogen-bond donors (Lipinski definition) is 2. The summed E-state index contributed by atoms with van der Waals surface area (Å²) in [6, 6.07) is 4.24. The van der Waals surface area contributed by atoms with E-state index in [-0.39, 0.29) is 29.7 Å². The Labute approximate surface area is 179 Å². The summed E-state index contributed by atoms with van der Waals surface area (Å²) in [7, 11) is -1.47. The van der Waals surface area contributed by atoms with Gasteiger partial charge in [-0.1, -0.05) is 13.0 Å². The summed E-state index contributed by atoms with van der Waals surface area (Å²) in [5.41, 5.74) is 0. The largest absolute Gasteiger partial charge is 0.357 e. The number of aliphatic imine (C=N–C) groups is 1. The fraction of sp³-hybridized carbons (Fsp3) is 0.706. The summed E-state index contributed by atoms with van der Waals surface area (Å²) in [5.74, 6) is 1.42. The Balaban J connectivity index is 0.00000625. The molecule has 0 saturated heterocycles. The van der Waals surface area contributed by atoms with E-state index in [0.29, 0.717) is 19.0 Å². The molecule has 1 rings (SSSR count). The zero-order valence-electron chi connectivity index (χ0n) is 16.2. The zero-order valence-corrected chi connectivity index (χ0v) is 20.2. The first-order chi connectivity index (χ1) is 11.9. The molecule has 6 nitrogen and oxygen atoms in total. The van der Waals surface area contributed by atoms with E-state index in [9.17, 15) is 8.42 Å². The minimum Gasteiger partial charge on any atom is -0.357 e. The normalized spacial score (nSPS) is 13.3. The van der Waals surface area contributed by atoms with E-state index in [1.54, 1.807) is 25.3 Å². The van der Waals surface area contributed by atoms with Gasteiger partial charge >= 0.3 is 0 Å². The number of nitrogens with zero attached hydrogens (tertiary/aromatic N) is 2. The van der Waals surface area contributed by atoms with Crippen molar-refractivity contribution in [3.8, 4) is 0 Å². The van der Waals surface area contributed by atoms with Crippen molar-refractivity contribution in [3.05, 3.63) is 22.4 Å². The van der Waals surface area contributed by atoms with Crippen molar-refractivity contribution in [2.75, 3.05) is 39.0 Å². The van der Waals surface area contributed by atoms with Crippen LogP contribution in [0.5, 0.6) is 0 Å². The molecule has 1 heterocycles. The van der Waals surface area contributed by atoms with Crippen LogP contribution in [-0.4, -0.2) is 57.7 Å². The summed E-state index contributed by atoms with van der Waals surface area (Å²) < 4.78 is 24.8. The molecule has 1 aromatic rings. The molecule has 9 heteroatoms. The van der Waals surface area contributed by atoms with Crippen molar-refractivity contribution in [2.45, 2.75) is 33.6 Å². The Morgan fingerprint density at radius 2 is 2.08 bits per heavy atom. The lowest BCUT2D eigenvalue weighted by atomic mass is 10.1. The molecule has 0 bridgehead atoms. The van der Waals surface area contributed by atoms with Gasteiger partial charge in [0.15, 0.2) is 5.96 Å². The third-order valence-corrected chi connectivity index (χ3v) is 6.58. The minimum absolute atomic E-state index is 0. The average Bonchev–Trinajstić information content (AvgIpc) is 3.08. The Bertz CT molecular complexity index is 606. The highest BCUT2D eigenvalue weighted by atomic mass is 127. The number of hydrogen-bond acceptors (Lipinski definition) is 4. The predicted molar refractivity (Wildman–Crippen MR) is 123 cm³/mol. The molecule has 0 aliphatic carbocycles. The highest BCUT2D eigenvalue weighted by Crippen LogP contribution is 2.14. The second-order valence-electron chi connectivity index (χ2n) is 6.11. The van der Waals surface area contributed by atoms with Crippen LogP contribution < -0.4 is 10.6 Å². The summed E-state index contributed by atoms with van der Waals surface area (Å²) in [4.78, 5) is 6.03. The zero-order chi connectivity index (χ0) is 18.7. The second-order valence-corrected chi connectivity index (χ2v) is 9.51. The molecule has 0 spiro atoms. The van der Waals surface area contributed by atoms with Crippen LogP contribution in [0.25, 0.3) is 0 Å². The Morgan fingerprint density at radius 3 is 2.65 bits per heavy atom. The molecule has 26 heavy (non-hydrogen) atoms. The Kier molecular flexibility index (Phi) is 13.5. The van der Waals surface area contributed by atoms with Gasteiger partial charge in [0.2, 0.25) is 10.0 Å². The third-order valence-electron chi connectivity index (χ3n) is 3.82. The molecule has 0 aromatic carbocycles. The topological polar surface area (TPSA) is 73.8 Å². The van der Waals surface area contributed by atoms with Crippen LogP contribution in [0, 0.1) is 5.92 Å². The summed E-state index contributed by atoms with van der Waals surface area (Å²) >= 11 is 1.79. The van der Waals surface area contributed by atoms with Gasteiger partial charge in [-0.15, -0.1) is 35.3 Å². The van der Waals surface area contributed by atoms with Gasteiger partial charge in [-0.25, -0.2) is 12.7 Å². The van der Waals surface area contributed by atoms with Crippen LogP contribution in [0.15, 0.2) is 22.5 Å². The number of sulfonamides is 1. The molecule has 0 amide bonds. The van der Waals surface area contributed by atoms with E-state index >= 15 is 0 Å². The van der Waals surface area contributed by atoms with Crippen molar-refractivity contribution in [1.82, 2.24) is 14.9 Å². The van der Waals surface area contributed by atoms with Crippen molar-refractivity contribution in [2.24, 2.45) is 10.9 Å². The summed E-state index contributed by atoms with van der Waals surface area (Å²) in [5, 5.41) is 8.62. The molecule has 1 aromatic heterocycles. The van der Waals surface area contributed by atoms with Crippen LogP contribution in [0.1, 0.15) is 32.1 Å². The molecule has 0 radical (unpaired) electrons. The lowest BCUT2D eigenvalue weighted by Crippen LogP contribution is -2.39. The molecule has 152 valence electrons. The Hall–Kier alpha value is -0.390. The molecular weight excluding hydrogens is 483 g/mol. The van der Waals surface area contributed by atoms with E-state index in [2.05, 4.69) is 40.1 Å². The van der Waals surface area contributed by atoms with Crippen LogP contribution in [0.2, 0.25) is 0 Å². The first-order valence-electron chi connectivity index (χ1n) is 8.87. The summed E-state index contributed by atoms with van der Waals surface area (Å²) in [6.07, 6.45) is 1.78. The maximum absolute atomic E-state index is 11.7. The lowest BCUT2D eigenvalue weighted by Gasteiger charge is -2.17. The van der Waals surface area contributed by atoms with Gasteiger partial charge in [0.25, 0.3) is 0 Å². The van der Waals surface area contributed by atoms with Gasteiger partial charge in [0.1, 0.15) is 0 Å². The molecule has 1 atom stereocenters. The smallest absolute Gasteiger partial charge is 0.213 e. The highest BCUT2D eigenvalue weighted by molar-refractivity contribution is 14.0. The number of thiophene rings is 1. The van der Waals surface area contributed by atoms with Gasteiger partial charge in [-0.2, -0.15) is 0 Å². The maximum atomic E-state index is 11.7. The number of nitrogens with one attached hydrogen (secondary N) is 2. The standard InChI is InChI=1S/C17H32N4O2S2.HI/c1-5-18-17(19-10-8-11-21(4)25(22,23)6-2)20-14-15(3)13-16-9-7-12-24-16;/h7,9,12,15H,5-6,8,10-11,13-14H2,1-4H3,(H2,18,19,20);1H. The van der Waals surface area contributed by atoms with Crippen LogP contribution in [-0.2, 0) is 16.4 Å². The Morgan fingerprint density at radius 1 is 1.35 bits per heavy atom. The fourth-order valence-corrected chi connectivity index (χ4v) is 4.01. The third kappa shape index (κ3) is 10.1. The quantitative estimate of drug-likeness (QED) is 0.205. The SMILES string of the molecule is CCNC(=NCC(C)Cc1cccs1)NCCCN(C)S(=O)(=O)CC.I. The molecule has 0 saturated carbocycles. The molecule has 0 fully saturated rings. The molecular formula is C17H33IN4O2S2. The number of halogens is 1. The molecule has 1 unspecified atom stereocenters. The van der Waals surface area contributed by atoms with E-state index in [4.69, 9.17) is 0 Å². The predicted octanol–water partition coefficient (Wildman–Crippen LogP) is 2.77. The van der Waals surface area contributed by atoms with Gasteiger partial charge < -0.3 is 10.6 Å². The van der Waals surface area contributed by atoms with Crippen LogP contribution >= 0.6 is 35.3 Å². The van der Waals surface area contributed by atoms with Gasteiger partial charge in [-0.3, -0.25) is 4.99 Å². The summed E-state index contributed by atoms with van der Waals surface area (Å²) in [6.45, 7) is 8.67. The van der Waals surface area contributed by atoms with Crippen LogP contribution in [0.4, 0.5) is 0 Å². The first-order valence-corrected chi connectivity index (χ1v) is 11.4. The van der Waals surface area contributed by atoms with Gasteiger partial charge in [0, 0.05) is 38.1 Å². The van der Waals surface area contributed by atoms with Crippen molar-refractivity contribution in [1.29, 1.82) is 0 Å².